The molecule has 1 rings (SSSR count). The summed E-state index contributed by atoms with van der Waals surface area (Å²) in [5.74, 6) is -0.0339. The molecule has 1 saturated heterocycles. The first-order valence-corrected chi connectivity index (χ1v) is 7.90. The van der Waals surface area contributed by atoms with E-state index in [1.165, 1.54) is 25.7 Å². The first-order chi connectivity index (χ1) is 9.10. The lowest BCUT2D eigenvalue weighted by molar-refractivity contribution is -0.144. The zero-order valence-electron chi connectivity index (χ0n) is 12.7. The van der Waals surface area contributed by atoms with Gasteiger partial charge >= 0.3 is 5.97 Å². The van der Waals surface area contributed by atoms with Crippen molar-refractivity contribution in [2.45, 2.75) is 83.7 Å². The zero-order chi connectivity index (χ0) is 14.0. The number of carbonyl (C=O) groups excluding carboxylic acids is 1. The van der Waals surface area contributed by atoms with E-state index in [1.807, 2.05) is 0 Å². The summed E-state index contributed by atoms with van der Waals surface area (Å²) in [6, 6.07) is 0. The van der Waals surface area contributed by atoms with Crippen molar-refractivity contribution in [2.75, 3.05) is 13.2 Å². The van der Waals surface area contributed by atoms with E-state index in [0.29, 0.717) is 13.0 Å². The molecule has 0 radical (unpaired) electrons. The van der Waals surface area contributed by atoms with Crippen LogP contribution < -0.4 is 0 Å². The van der Waals surface area contributed by atoms with Crippen molar-refractivity contribution in [2.24, 2.45) is 0 Å². The number of carbonyl (C=O) groups is 1. The molecule has 0 N–H and O–H groups in total. The molecule has 0 atom stereocenters. The van der Waals surface area contributed by atoms with Gasteiger partial charge in [0.1, 0.15) is 0 Å². The van der Waals surface area contributed by atoms with Crippen molar-refractivity contribution in [3.8, 4) is 0 Å². The number of ether oxygens (including phenoxy) is 2. The number of rotatable bonds is 0. The molecule has 3 nitrogen and oxygen atoms in total. The molecule has 0 saturated carbocycles. The highest BCUT2D eigenvalue weighted by Crippen LogP contribution is 2.20. The first kappa shape index (κ1) is 16.5. The van der Waals surface area contributed by atoms with Crippen LogP contribution in [0.15, 0.2) is 0 Å². The monoisotopic (exact) mass is 270 g/mol. The zero-order valence-corrected chi connectivity index (χ0v) is 12.7. The topological polar surface area (TPSA) is 35.5 Å². The summed E-state index contributed by atoms with van der Waals surface area (Å²) in [5, 5.41) is 0. The predicted octanol–water partition coefficient (Wildman–Crippen LogP) is 4.24. The number of esters is 1. The van der Waals surface area contributed by atoms with Gasteiger partial charge in [0.25, 0.3) is 0 Å². The van der Waals surface area contributed by atoms with E-state index in [4.69, 9.17) is 9.47 Å². The number of hydrogen-bond acceptors (Lipinski definition) is 3. The molecular weight excluding hydrogens is 240 g/mol. The van der Waals surface area contributed by atoms with E-state index in [9.17, 15) is 4.79 Å². The molecule has 1 aliphatic rings. The Morgan fingerprint density at radius 3 is 2.26 bits per heavy atom. The summed E-state index contributed by atoms with van der Waals surface area (Å²) in [6.45, 7) is 5.67. The number of hydrogen-bond donors (Lipinski definition) is 0. The fraction of sp³-hybridized carbons (Fsp3) is 0.938. The van der Waals surface area contributed by atoms with E-state index in [0.717, 1.165) is 38.7 Å². The average molecular weight is 270 g/mol. The number of cyclic esters (lactones) is 1. The fourth-order valence-corrected chi connectivity index (χ4v) is 2.41. The Bertz CT molecular complexity index is 248. The molecule has 1 aliphatic heterocycles. The lowest BCUT2D eigenvalue weighted by Gasteiger charge is -2.25. The van der Waals surface area contributed by atoms with Gasteiger partial charge in [-0.05, 0) is 39.5 Å². The normalized spacial score (nSPS) is 24.6. The van der Waals surface area contributed by atoms with Gasteiger partial charge in [-0.3, -0.25) is 4.79 Å². The molecule has 0 aromatic heterocycles. The van der Waals surface area contributed by atoms with Crippen LogP contribution in [0.5, 0.6) is 0 Å². The molecule has 3 heteroatoms. The molecule has 0 aromatic rings. The van der Waals surface area contributed by atoms with E-state index < -0.39 is 0 Å². The van der Waals surface area contributed by atoms with Crippen LogP contribution in [0, 0.1) is 0 Å². The Morgan fingerprint density at radius 2 is 1.47 bits per heavy atom. The second kappa shape index (κ2) is 9.35. The Hall–Kier alpha value is -0.570. The second-order valence-electron chi connectivity index (χ2n) is 6.16. The van der Waals surface area contributed by atoms with Gasteiger partial charge in [-0.1, -0.05) is 32.1 Å². The van der Waals surface area contributed by atoms with Crippen LogP contribution in [0.4, 0.5) is 0 Å². The van der Waals surface area contributed by atoms with E-state index >= 15 is 0 Å². The van der Waals surface area contributed by atoms with Crippen LogP contribution >= 0.6 is 0 Å². The minimum Gasteiger partial charge on any atom is -0.466 e. The summed E-state index contributed by atoms with van der Waals surface area (Å²) in [5.41, 5.74) is -0.00621. The van der Waals surface area contributed by atoms with Crippen LogP contribution in [0.2, 0.25) is 0 Å². The molecule has 0 amide bonds. The van der Waals surface area contributed by atoms with Crippen LogP contribution in [0.3, 0.4) is 0 Å². The van der Waals surface area contributed by atoms with Crippen LogP contribution in [0.1, 0.15) is 78.1 Å². The van der Waals surface area contributed by atoms with Crippen molar-refractivity contribution in [3.05, 3.63) is 0 Å². The molecule has 1 heterocycles. The molecule has 0 bridgehead atoms. The smallest absolute Gasteiger partial charge is 0.305 e. The van der Waals surface area contributed by atoms with Crippen LogP contribution in [-0.2, 0) is 14.3 Å². The highest BCUT2D eigenvalue weighted by molar-refractivity contribution is 5.69. The summed E-state index contributed by atoms with van der Waals surface area (Å²) >= 11 is 0. The van der Waals surface area contributed by atoms with E-state index in [1.54, 1.807) is 0 Å². The Kier molecular flexibility index (Phi) is 8.11. The maximum Gasteiger partial charge on any atom is 0.305 e. The quantitative estimate of drug-likeness (QED) is 0.618. The van der Waals surface area contributed by atoms with Gasteiger partial charge in [0.2, 0.25) is 0 Å². The predicted molar refractivity (Wildman–Crippen MR) is 77.2 cm³/mol. The Labute approximate surface area is 118 Å². The summed E-state index contributed by atoms with van der Waals surface area (Å²) in [6.07, 6.45) is 10.7. The first-order valence-electron chi connectivity index (χ1n) is 7.90. The molecule has 0 aliphatic carbocycles. The van der Waals surface area contributed by atoms with Crippen molar-refractivity contribution in [1.29, 1.82) is 0 Å². The third-order valence-corrected chi connectivity index (χ3v) is 3.70. The van der Waals surface area contributed by atoms with Gasteiger partial charge in [0.05, 0.1) is 12.2 Å². The van der Waals surface area contributed by atoms with Gasteiger partial charge in [0.15, 0.2) is 0 Å². The lowest BCUT2D eigenvalue weighted by Crippen LogP contribution is -2.25. The largest absolute Gasteiger partial charge is 0.466 e. The molecule has 19 heavy (non-hydrogen) atoms. The standard InChI is InChI=1S/C16H30O3/c1-16(2)12-8-6-4-3-5-7-11-15(17)18-13-9-10-14-19-16/h3-14H2,1-2H3. The Morgan fingerprint density at radius 1 is 0.842 bits per heavy atom. The van der Waals surface area contributed by atoms with Crippen molar-refractivity contribution < 1.29 is 14.3 Å². The minimum absolute atomic E-state index is 0.00621. The van der Waals surface area contributed by atoms with E-state index in [2.05, 4.69) is 13.8 Å². The van der Waals surface area contributed by atoms with E-state index in [-0.39, 0.29) is 11.6 Å². The van der Waals surface area contributed by atoms with Crippen molar-refractivity contribution >= 4 is 5.97 Å². The van der Waals surface area contributed by atoms with Gasteiger partial charge < -0.3 is 9.47 Å². The summed E-state index contributed by atoms with van der Waals surface area (Å²) < 4.78 is 11.1. The molecule has 1 fully saturated rings. The highest BCUT2D eigenvalue weighted by Gasteiger charge is 2.17. The van der Waals surface area contributed by atoms with Crippen LogP contribution in [0.25, 0.3) is 0 Å². The van der Waals surface area contributed by atoms with Crippen LogP contribution in [-0.4, -0.2) is 24.8 Å². The fourth-order valence-electron chi connectivity index (χ4n) is 2.41. The van der Waals surface area contributed by atoms with Crippen molar-refractivity contribution in [1.82, 2.24) is 0 Å². The maximum atomic E-state index is 11.4. The van der Waals surface area contributed by atoms with Gasteiger partial charge in [-0.15, -0.1) is 0 Å². The third-order valence-electron chi connectivity index (χ3n) is 3.70. The van der Waals surface area contributed by atoms with Crippen molar-refractivity contribution in [3.63, 3.8) is 0 Å². The average Bonchev–Trinajstić information content (AvgIpc) is 2.35. The van der Waals surface area contributed by atoms with Gasteiger partial charge in [0, 0.05) is 13.0 Å². The van der Waals surface area contributed by atoms with Gasteiger partial charge in [-0.25, -0.2) is 0 Å². The minimum atomic E-state index is -0.0339. The molecule has 0 unspecified atom stereocenters. The summed E-state index contributed by atoms with van der Waals surface area (Å²) in [7, 11) is 0. The second-order valence-corrected chi connectivity index (χ2v) is 6.16. The molecule has 112 valence electrons. The van der Waals surface area contributed by atoms with Gasteiger partial charge in [-0.2, -0.15) is 0 Å². The molecule has 0 spiro atoms. The molecule has 0 aromatic carbocycles. The highest BCUT2D eigenvalue weighted by atomic mass is 16.5. The lowest BCUT2D eigenvalue weighted by atomic mass is 9.99. The summed E-state index contributed by atoms with van der Waals surface area (Å²) in [4.78, 5) is 11.4. The SMILES string of the molecule is CC1(C)CCCCCCCCC(=O)OCCCCO1. The third kappa shape index (κ3) is 9.04. The maximum absolute atomic E-state index is 11.4. The Balaban J connectivity index is 2.28. The molecular formula is C16H30O3.